The smallest absolute Gasteiger partial charge is 0.183 e. The van der Waals surface area contributed by atoms with Gasteiger partial charge < -0.3 is 5.73 Å². The SMILES string of the molecule is CCc1ccc([C@H]2[C@H](N)[C@@H]2S(=O)(=O)c2ccccc2)cc1. The first-order valence-corrected chi connectivity index (χ1v) is 8.73. The van der Waals surface area contributed by atoms with E-state index in [0.717, 1.165) is 12.0 Å². The van der Waals surface area contributed by atoms with Crippen LogP contribution in [0.2, 0.25) is 0 Å². The maximum Gasteiger partial charge on any atom is 0.183 e. The molecule has 0 saturated heterocycles. The molecule has 0 radical (unpaired) electrons. The van der Waals surface area contributed by atoms with Gasteiger partial charge in [-0.3, -0.25) is 0 Å². The normalized spacial score (nSPS) is 24.8. The molecule has 2 N–H and O–H groups in total. The second-order valence-corrected chi connectivity index (χ2v) is 7.63. The average Bonchev–Trinajstić information content (AvgIpc) is 3.20. The van der Waals surface area contributed by atoms with E-state index in [-0.39, 0.29) is 12.0 Å². The predicted molar refractivity (Wildman–Crippen MR) is 84.0 cm³/mol. The van der Waals surface area contributed by atoms with Gasteiger partial charge in [-0.1, -0.05) is 49.4 Å². The van der Waals surface area contributed by atoms with E-state index < -0.39 is 15.1 Å². The van der Waals surface area contributed by atoms with Crippen molar-refractivity contribution in [2.75, 3.05) is 0 Å². The van der Waals surface area contributed by atoms with E-state index in [2.05, 4.69) is 6.92 Å². The Morgan fingerprint density at radius 3 is 2.19 bits per heavy atom. The summed E-state index contributed by atoms with van der Waals surface area (Å²) in [6.07, 6.45) is 0.975. The molecule has 1 aliphatic rings. The van der Waals surface area contributed by atoms with E-state index in [1.807, 2.05) is 30.3 Å². The molecular formula is C17H19NO2S. The van der Waals surface area contributed by atoms with Gasteiger partial charge >= 0.3 is 0 Å². The van der Waals surface area contributed by atoms with E-state index in [4.69, 9.17) is 5.73 Å². The van der Waals surface area contributed by atoms with Gasteiger partial charge in [0.25, 0.3) is 0 Å². The molecule has 2 aromatic carbocycles. The highest BCUT2D eigenvalue weighted by molar-refractivity contribution is 7.92. The van der Waals surface area contributed by atoms with Crippen molar-refractivity contribution in [2.45, 2.75) is 35.4 Å². The maximum atomic E-state index is 12.6. The molecule has 0 amide bonds. The molecule has 3 nitrogen and oxygen atoms in total. The third-order valence-corrected chi connectivity index (χ3v) is 6.46. The van der Waals surface area contributed by atoms with Crippen molar-refractivity contribution in [3.05, 3.63) is 65.7 Å². The Hall–Kier alpha value is -1.65. The summed E-state index contributed by atoms with van der Waals surface area (Å²) in [4.78, 5) is 0.359. The lowest BCUT2D eigenvalue weighted by molar-refractivity contribution is 0.593. The summed E-state index contributed by atoms with van der Waals surface area (Å²) >= 11 is 0. The Bertz CT molecular complexity index is 723. The molecule has 1 fully saturated rings. The molecule has 0 aliphatic heterocycles. The Morgan fingerprint density at radius 1 is 1.00 bits per heavy atom. The molecule has 4 heteroatoms. The standard InChI is InChI=1S/C17H19NO2S/c1-2-12-8-10-13(11-9-12)15-16(18)17(15)21(19,20)14-6-4-3-5-7-14/h3-11,15-17H,2,18H2,1H3/t15-,16-,17+/m0/s1. The fourth-order valence-corrected chi connectivity index (χ4v) is 4.93. The van der Waals surface area contributed by atoms with Crippen molar-refractivity contribution in [3.63, 3.8) is 0 Å². The number of sulfone groups is 1. The quantitative estimate of drug-likeness (QED) is 0.944. The van der Waals surface area contributed by atoms with Crippen LogP contribution < -0.4 is 5.73 Å². The fourth-order valence-electron chi connectivity index (χ4n) is 2.86. The van der Waals surface area contributed by atoms with Crippen LogP contribution in [0.25, 0.3) is 0 Å². The van der Waals surface area contributed by atoms with E-state index in [9.17, 15) is 8.42 Å². The van der Waals surface area contributed by atoms with Gasteiger partial charge in [-0.15, -0.1) is 0 Å². The highest BCUT2D eigenvalue weighted by Gasteiger charge is 2.56. The maximum absolute atomic E-state index is 12.6. The molecular weight excluding hydrogens is 282 g/mol. The number of hydrogen-bond donors (Lipinski definition) is 1. The van der Waals surface area contributed by atoms with Crippen LogP contribution in [0.4, 0.5) is 0 Å². The molecule has 0 spiro atoms. The van der Waals surface area contributed by atoms with Crippen LogP contribution in [0, 0.1) is 0 Å². The Balaban J connectivity index is 1.88. The third kappa shape index (κ3) is 2.49. The summed E-state index contributed by atoms with van der Waals surface area (Å²) in [7, 11) is -3.35. The summed E-state index contributed by atoms with van der Waals surface area (Å²) in [5, 5.41) is -0.507. The highest BCUT2D eigenvalue weighted by atomic mass is 32.2. The molecule has 21 heavy (non-hydrogen) atoms. The lowest BCUT2D eigenvalue weighted by Gasteiger charge is -2.04. The third-order valence-electron chi connectivity index (χ3n) is 4.21. The minimum atomic E-state index is -3.35. The predicted octanol–water partition coefficient (Wildman–Crippen LogP) is 2.52. The Morgan fingerprint density at radius 2 is 1.62 bits per heavy atom. The van der Waals surface area contributed by atoms with Gasteiger partial charge in [0.05, 0.1) is 10.1 Å². The molecule has 110 valence electrons. The first-order chi connectivity index (χ1) is 10.1. The summed E-state index contributed by atoms with van der Waals surface area (Å²) < 4.78 is 25.3. The molecule has 1 saturated carbocycles. The minimum Gasteiger partial charge on any atom is -0.326 e. The lowest BCUT2D eigenvalue weighted by atomic mass is 10.1. The van der Waals surface area contributed by atoms with Crippen molar-refractivity contribution >= 4 is 9.84 Å². The van der Waals surface area contributed by atoms with Gasteiger partial charge in [0.15, 0.2) is 9.84 Å². The van der Waals surface area contributed by atoms with E-state index in [1.165, 1.54) is 5.56 Å². The van der Waals surface area contributed by atoms with Gasteiger partial charge in [-0.25, -0.2) is 8.42 Å². The van der Waals surface area contributed by atoms with Crippen LogP contribution in [0.1, 0.15) is 24.0 Å². The zero-order valence-corrected chi connectivity index (χ0v) is 12.8. The number of benzene rings is 2. The summed E-state index contributed by atoms with van der Waals surface area (Å²) in [5.74, 6) is -0.0962. The molecule has 0 heterocycles. The van der Waals surface area contributed by atoms with E-state index in [1.54, 1.807) is 24.3 Å². The van der Waals surface area contributed by atoms with E-state index in [0.29, 0.717) is 4.90 Å². The van der Waals surface area contributed by atoms with Crippen molar-refractivity contribution < 1.29 is 8.42 Å². The van der Waals surface area contributed by atoms with Gasteiger partial charge in [-0.05, 0) is 29.7 Å². The van der Waals surface area contributed by atoms with Crippen LogP contribution in [0.15, 0.2) is 59.5 Å². The van der Waals surface area contributed by atoms with Crippen molar-refractivity contribution in [3.8, 4) is 0 Å². The van der Waals surface area contributed by atoms with Crippen LogP contribution in [0.5, 0.6) is 0 Å². The second-order valence-electron chi connectivity index (χ2n) is 5.52. The topological polar surface area (TPSA) is 60.2 Å². The van der Waals surface area contributed by atoms with Crippen LogP contribution in [-0.2, 0) is 16.3 Å². The molecule has 0 unspecified atom stereocenters. The van der Waals surface area contributed by atoms with Crippen molar-refractivity contribution in [1.82, 2.24) is 0 Å². The second kappa shape index (κ2) is 5.28. The molecule has 0 bridgehead atoms. The Kier molecular flexibility index (Phi) is 3.59. The lowest BCUT2D eigenvalue weighted by Crippen LogP contribution is -2.15. The monoisotopic (exact) mass is 301 g/mol. The Labute approximate surface area is 125 Å². The van der Waals surface area contributed by atoms with Gasteiger partial charge in [0, 0.05) is 12.0 Å². The summed E-state index contributed by atoms with van der Waals surface area (Å²) in [6.45, 7) is 2.10. The number of nitrogens with two attached hydrogens (primary N) is 1. The van der Waals surface area contributed by atoms with Crippen molar-refractivity contribution in [1.29, 1.82) is 0 Å². The highest BCUT2D eigenvalue weighted by Crippen LogP contribution is 2.46. The summed E-state index contributed by atoms with van der Waals surface area (Å²) in [6, 6.07) is 16.4. The van der Waals surface area contributed by atoms with Crippen LogP contribution in [-0.4, -0.2) is 19.7 Å². The van der Waals surface area contributed by atoms with Gasteiger partial charge in [-0.2, -0.15) is 0 Å². The molecule has 3 atom stereocenters. The van der Waals surface area contributed by atoms with E-state index >= 15 is 0 Å². The fraction of sp³-hybridized carbons (Fsp3) is 0.294. The molecule has 3 rings (SSSR count). The van der Waals surface area contributed by atoms with Gasteiger partial charge in [0.1, 0.15) is 0 Å². The van der Waals surface area contributed by atoms with Gasteiger partial charge in [0.2, 0.25) is 0 Å². The summed E-state index contributed by atoms with van der Waals surface area (Å²) in [5.41, 5.74) is 8.32. The zero-order valence-electron chi connectivity index (χ0n) is 11.9. The zero-order chi connectivity index (χ0) is 15.0. The number of hydrogen-bond acceptors (Lipinski definition) is 3. The first kappa shape index (κ1) is 14.3. The molecule has 0 aromatic heterocycles. The van der Waals surface area contributed by atoms with Crippen molar-refractivity contribution in [2.24, 2.45) is 5.73 Å². The number of aryl methyl sites for hydroxylation is 1. The minimum absolute atomic E-state index is 0.0962. The largest absolute Gasteiger partial charge is 0.326 e. The average molecular weight is 301 g/mol. The van der Waals surface area contributed by atoms with Crippen LogP contribution in [0.3, 0.4) is 0 Å². The van der Waals surface area contributed by atoms with Crippen LogP contribution >= 0.6 is 0 Å². The number of rotatable bonds is 4. The molecule has 2 aromatic rings. The molecule has 1 aliphatic carbocycles. The first-order valence-electron chi connectivity index (χ1n) is 7.19.